The summed E-state index contributed by atoms with van der Waals surface area (Å²) >= 11 is 0. The molecule has 0 aliphatic carbocycles. The second-order valence-corrected chi connectivity index (χ2v) is 5.29. The zero-order chi connectivity index (χ0) is 15.2. The highest BCUT2D eigenvalue weighted by Gasteiger charge is 2.30. The Labute approximate surface area is 123 Å². The zero-order valence-corrected chi connectivity index (χ0v) is 12.4. The molecule has 8 nitrogen and oxygen atoms in total. The molecule has 3 N–H and O–H groups in total. The van der Waals surface area contributed by atoms with Gasteiger partial charge < -0.3 is 19.0 Å². The van der Waals surface area contributed by atoms with Crippen molar-refractivity contribution < 1.29 is 23.8 Å². The molecule has 1 fully saturated rings. The molecule has 0 amide bonds. The number of nitrogens with zero attached hydrogens (tertiary/aromatic N) is 2. The van der Waals surface area contributed by atoms with Crippen molar-refractivity contribution in [3.8, 4) is 0 Å². The highest BCUT2D eigenvalue weighted by molar-refractivity contribution is 7.39. The van der Waals surface area contributed by atoms with E-state index in [0.29, 0.717) is 5.69 Å². The Bertz CT molecular complexity index is 505. The topological polar surface area (TPSA) is 105 Å². The fourth-order valence-electron chi connectivity index (χ4n) is 2.27. The Morgan fingerprint density at radius 1 is 1.57 bits per heavy atom. The lowest BCUT2D eigenvalue weighted by atomic mass is 10.1. The Kier molecular flexibility index (Phi) is 5.84. The lowest BCUT2D eigenvalue weighted by Gasteiger charge is -2.17. The van der Waals surface area contributed by atoms with Crippen molar-refractivity contribution in [1.29, 1.82) is 0 Å². The van der Waals surface area contributed by atoms with Crippen molar-refractivity contribution >= 4 is 21.2 Å². The maximum absolute atomic E-state index is 11.0. The second-order valence-electron chi connectivity index (χ2n) is 4.53. The lowest BCUT2D eigenvalue weighted by Crippen LogP contribution is -2.21. The summed E-state index contributed by atoms with van der Waals surface area (Å²) in [6.07, 6.45) is 3.36. The minimum atomic E-state index is -2.36. The number of aliphatic imine (C=N–C) groups is 1. The van der Waals surface area contributed by atoms with Crippen LogP contribution in [0.15, 0.2) is 17.1 Å². The van der Waals surface area contributed by atoms with E-state index in [0.717, 1.165) is 24.8 Å². The first-order valence-corrected chi connectivity index (χ1v) is 7.62. The van der Waals surface area contributed by atoms with Crippen LogP contribution in [0.25, 0.3) is 0 Å². The molecule has 1 aliphatic heterocycles. The van der Waals surface area contributed by atoms with Crippen LogP contribution in [0, 0.1) is 0 Å². The number of hydrogen-bond acceptors (Lipinski definition) is 6. The maximum Gasteiger partial charge on any atom is 0.327 e. The molecule has 2 rings (SSSR count). The average Bonchev–Trinajstić information content (AvgIpc) is 3.08. The highest BCUT2D eigenvalue weighted by atomic mass is 31.2. The fraction of sp³-hybridized carbons (Fsp3) is 0.500. The predicted octanol–water partition coefficient (Wildman–Crippen LogP) is 0.950. The number of carbonyl (C=O) groups excluding carboxylic acids is 1. The van der Waals surface area contributed by atoms with Gasteiger partial charge in [-0.3, -0.25) is 19.9 Å². The van der Waals surface area contributed by atoms with E-state index in [-0.39, 0.29) is 18.8 Å². The average molecular weight is 315 g/mol. The number of hydrogen-bond donors (Lipinski definition) is 3. The molecule has 2 unspecified atom stereocenters. The van der Waals surface area contributed by atoms with Crippen LogP contribution in [0.4, 0.5) is 0 Å². The predicted molar refractivity (Wildman–Crippen MR) is 77.8 cm³/mol. The monoisotopic (exact) mass is 315 g/mol. The molecule has 1 aliphatic rings. The summed E-state index contributed by atoms with van der Waals surface area (Å²) in [7, 11) is -0.736. The largest absolute Gasteiger partial charge is 0.366 e. The summed E-state index contributed by atoms with van der Waals surface area (Å²) in [5.74, 6) is 0. The maximum atomic E-state index is 11.0. The van der Waals surface area contributed by atoms with E-state index in [1.807, 2.05) is 6.07 Å². The molecule has 0 radical (unpaired) electrons. The highest BCUT2D eigenvalue weighted by Crippen LogP contribution is 2.35. The van der Waals surface area contributed by atoms with Crippen molar-refractivity contribution in [2.75, 3.05) is 19.1 Å². The molecule has 1 aromatic rings. The van der Waals surface area contributed by atoms with Gasteiger partial charge in [-0.1, -0.05) is 0 Å². The molecule has 0 spiro atoms. The molecule has 21 heavy (non-hydrogen) atoms. The Hall–Kier alpha value is -1.31. The summed E-state index contributed by atoms with van der Waals surface area (Å²) in [5, 5.41) is 0. The van der Waals surface area contributed by atoms with Crippen molar-refractivity contribution in [1.82, 2.24) is 4.68 Å². The van der Waals surface area contributed by atoms with Crippen LogP contribution in [0.3, 0.4) is 0 Å². The second kappa shape index (κ2) is 7.63. The third-order valence-electron chi connectivity index (χ3n) is 3.19. The van der Waals surface area contributed by atoms with E-state index < -0.39 is 8.60 Å². The molecule has 1 saturated heterocycles. The molecular weight excluding hydrogens is 297 g/mol. The van der Waals surface area contributed by atoms with Crippen molar-refractivity contribution in [3.63, 3.8) is 0 Å². The van der Waals surface area contributed by atoms with Gasteiger partial charge in [0, 0.05) is 7.05 Å². The van der Waals surface area contributed by atoms with Crippen LogP contribution in [-0.4, -0.2) is 46.8 Å². The van der Waals surface area contributed by atoms with E-state index in [2.05, 4.69) is 10.4 Å². The third kappa shape index (κ3) is 4.09. The molecular formula is C12H18N3O5P. The SMILES string of the molecule is CN=CNn1c(C=O)ccc1C1CCC(COP(O)O)O1. The molecule has 0 aromatic carbocycles. The number of carbonyl (C=O) groups is 1. The molecule has 0 saturated carbocycles. The van der Waals surface area contributed by atoms with E-state index in [1.54, 1.807) is 17.8 Å². The number of ether oxygens (including phenoxy) is 1. The number of aldehydes is 1. The van der Waals surface area contributed by atoms with Gasteiger partial charge in [0.15, 0.2) is 6.29 Å². The molecule has 2 heterocycles. The number of rotatable bonds is 7. The van der Waals surface area contributed by atoms with Gasteiger partial charge >= 0.3 is 8.60 Å². The van der Waals surface area contributed by atoms with Gasteiger partial charge in [-0.15, -0.1) is 0 Å². The quantitative estimate of drug-likeness (QED) is 0.299. The van der Waals surface area contributed by atoms with Gasteiger partial charge in [0.05, 0.1) is 18.4 Å². The summed E-state index contributed by atoms with van der Waals surface area (Å²) in [4.78, 5) is 32.4. The van der Waals surface area contributed by atoms with E-state index in [4.69, 9.17) is 19.0 Å². The third-order valence-corrected chi connectivity index (χ3v) is 3.57. The minimum absolute atomic E-state index is 0.139. The van der Waals surface area contributed by atoms with Gasteiger partial charge in [0.2, 0.25) is 0 Å². The lowest BCUT2D eigenvalue weighted by molar-refractivity contribution is 0.0119. The van der Waals surface area contributed by atoms with Crippen LogP contribution >= 0.6 is 8.60 Å². The summed E-state index contributed by atoms with van der Waals surface area (Å²) < 4.78 is 12.2. The van der Waals surface area contributed by atoms with E-state index in [1.165, 1.54) is 6.34 Å². The summed E-state index contributed by atoms with van der Waals surface area (Å²) in [6, 6.07) is 3.52. The van der Waals surface area contributed by atoms with Crippen molar-refractivity contribution in [2.45, 2.75) is 25.0 Å². The van der Waals surface area contributed by atoms with Gasteiger partial charge in [-0.05, 0) is 25.0 Å². The van der Waals surface area contributed by atoms with Crippen molar-refractivity contribution in [2.24, 2.45) is 4.99 Å². The Morgan fingerprint density at radius 2 is 2.38 bits per heavy atom. The molecule has 116 valence electrons. The molecule has 0 bridgehead atoms. The first kappa shape index (κ1) is 16.1. The van der Waals surface area contributed by atoms with Crippen LogP contribution in [0.2, 0.25) is 0 Å². The van der Waals surface area contributed by atoms with Gasteiger partial charge in [0.25, 0.3) is 0 Å². The summed E-state index contributed by atoms with van der Waals surface area (Å²) in [6.45, 7) is 0.139. The van der Waals surface area contributed by atoms with Gasteiger partial charge in [-0.2, -0.15) is 0 Å². The molecule has 9 heteroatoms. The Balaban J connectivity index is 2.05. The van der Waals surface area contributed by atoms with Crippen LogP contribution in [-0.2, 0) is 9.26 Å². The molecule has 1 aromatic heterocycles. The minimum Gasteiger partial charge on any atom is -0.366 e. The summed E-state index contributed by atoms with van der Waals surface area (Å²) in [5.41, 5.74) is 4.20. The molecule has 2 atom stereocenters. The zero-order valence-electron chi connectivity index (χ0n) is 11.5. The number of aromatic nitrogens is 1. The van der Waals surface area contributed by atoms with Crippen LogP contribution < -0.4 is 5.43 Å². The van der Waals surface area contributed by atoms with E-state index >= 15 is 0 Å². The van der Waals surface area contributed by atoms with E-state index in [9.17, 15) is 4.79 Å². The smallest absolute Gasteiger partial charge is 0.327 e. The standard InChI is InChI=1S/C12H18N3O5P/c1-13-8-14-15-9(6-16)2-4-11(15)12-5-3-10(20-12)7-19-21(17)18/h2,4,6,8,10,12,17-18H,3,5,7H2,1H3,(H,13,14). The van der Waals surface area contributed by atoms with Crippen LogP contribution in [0.5, 0.6) is 0 Å². The van der Waals surface area contributed by atoms with Crippen LogP contribution in [0.1, 0.15) is 35.1 Å². The normalized spacial score (nSPS) is 22.3. The fourth-order valence-corrected chi connectivity index (χ4v) is 2.57. The first-order valence-electron chi connectivity index (χ1n) is 6.46. The van der Waals surface area contributed by atoms with Gasteiger partial charge in [-0.25, -0.2) is 0 Å². The first-order chi connectivity index (χ1) is 10.2. The Morgan fingerprint density at radius 3 is 3.05 bits per heavy atom. The van der Waals surface area contributed by atoms with Gasteiger partial charge in [0.1, 0.15) is 18.1 Å². The number of nitrogens with one attached hydrogen (secondary N) is 1. The van der Waals surface area contributed by atoms with Crippen molar-refractivity contribution in [3.05, 3.63) is 23.5 Å².